The Bertz CT molecular complexity index is 375. The highest BCUT2D eigenvalue weighted by atomic mass is 35.5. The van der Waals surface area contributed by atoms with Gasteiger partial charge in [0.25, 0.3) is 0 Å². The van der Waals surface area contributed by atoms with Crippen LogP contribution in [-0.2, 0) is 0 Å². The molecule has 0 heterocycles. The van der Waals surface area contributed by atoms with Gasteiger partial charge in [0, 0.05) is 11.6 Å². The fourth-order valence-corrected chi connectivity index (χ4v) is 1.39. The highest BCUT2D eigenvalue weighted by molar-refractivity contribution is 6.42. The van der Waals surface area contributed by atoms with Crippen LogP contribution in [0.5, 0.6) is 0 Å². The maximum Gasteiger partial charge on any atom is 0.142 e. The van der Waals surface area contributed by atoms with Gasteiger partial charge in [0.2, 0.25) is 0 Å². The first-order valence-electron chi connectivity index (χ1n) is 4.54. The van der Waals surface area contributed by atoms with Crippen LogP contribution in [0.25, 0.3) is 0 Å². The summed E-state index contributed by atoms with van der Waals surface area (Å²) < 4.78 is 0. The van der Waals surface area contributed by atoms with Crippen molar-refractivity contribution in [3.63, 3.8) is 0 Å². The largest absolute Gasteiger partial charge is 0.308 e. The Morgan fingerprint density at radius 2 is 2.00 bits per heavy atom. The summed E-state index contributed by atoms with van der Waals surface area (Å²) in [7, 11) is 0. The summed E-state index contributed by atoms with van der Waals surface area (Å²) >= 11 is 11.7. The Balaban J connectivity index is 3.08. The third kappa shape index (κ3) is 3.38. The van der Waals surface area contributed by atoms with Crippen LogP contribution in [0.15, 0.2) is 23.2 Å². The highest BCUT2D eigenvalue weighted by Crippen LogP contribution is 2.22. The van der Waals surface area contributed by atoms with E-state index in [-0.39, 0.29) is 6.04 Å². The topological polar surface area (TPSA) is 50.4 Å². The summed E-state index contributed by atoms with van der Waals surface area (Å²) in [6, 6.07) is 5.41. The molecule has 0 atom stereocenters. The maximum absolute atomic E-state index is 5.90. The van der Waals surface area contributed by atoms with Crippen LogP contribution in [0.2, 0.25) is 10.0 Å². The van der Waals surface area contributed by atoms with E-state index < -0.39 is 0 Å². The second kappa shape index (κ2) is 5.35. The van der Waals surface area contributed by atoms with Gasteiger partial charge in [-0.1, -0.05) is 23.2 Å². The van der Waals surface area contributed by atoms with Crippen LogP contribution < -0.4 is 11.3 Å². The first kappa shape index (κ1) is 12.3. The lowest BCUT2D eigenvalue weighted by atomic mass is 10.2. The number of aliphatic imine (C=N–C) groups is 1. The molecule has 0 saturated heterocycles. The molecule has 0 aliphatic carbocycles. The molecule has 0 unspecified atom stereocenters. The van der Waals surface area contributed by atoms with E-state index in [0.29, 0.717) is 15.9 Å². The normalized spacial score (nSPS) is 12.0. The molecule has 0 amide bonds. The van der Waals surface area contributed by atoms with Gasteiger partial charge in [0.15, 0.2) is 0 Å². The molecule has 3 nitrogen and oxygen atoms in total. The van der Waals surface area contributed by atoms with Crippen molar-refractivity contribution in [1.82, 2.24) is 5.43 Å². The summed E-state index contributed by atoms with van der Waals surface area (Å²) in [5.74, 6) is 5.98. The van der Waals surface area contributed by atoms with Crippen LogP contribution in [-0.4, -0.2) is 11.9 Å². The van der Waals surface area contributed by atoms with Crippen LogP contribution in [0.3, 0.4) is 0 Å². The number of rotatable bonds is 2. The average Bonchev–Trinajstić information content (AvgIpc) is 2.18. The molecule has 5 heteroatoms. The van der Waals surface area contributed by atoms with Gasteiger partial charge in [-0.2, -0.15) is 0 Å². The molecule has 82 valence electrons. The van der Waals surface area contributed by atoms with Crippen molar-refractivity contribution in [2.75, 3.05) is 0 Å². The average molecular weight is 246 g/mol. The van der Waals surface area contributed by atoms with E-state index in [2.05, 4.69) is 10.4 Å². The van der Waals surface area contributed by atoms with E-state index in [4.69, 9.17) is 29.0 Å². The molecule has 0 saturated carbocycles. The third-order valence-corrected chi connectivity index (χ3v) is 2.46. The second-order valence-electron chi connectivity index (χ2n) is 3.34. The van der Waals surface area contributed by atoms with Crippen LogP contribution in [0, 0.1) is 0 Å². The van der Waals surface area contributed by atoms with Gasteiger partial charge in [-0.05, 0) is 32.0 Å². The van der Waals surface area contributed by atoms with Gasteiger partial charge < -0.3 is 5.43 Å². The van der Waals surface area contributed by atoms with Gasteiger partial charge in [0.05, 0.1) is 10.0 Å². The highest BCUT2D eigenvalue weighted by Gasteiger charge is 2.05. The van der Waals surface area contributed by atoms with Crippen molar-refractivity contribution >= 4 is 29.0 Å². The molecule has 0 aliphatic rings. The number of nitrogens with one attached hydrogen (secondary N) is 1. The van der Waals surface area contributed by atoms with Crippen LogP contribution >= 0.6 is 23.2 Å². The predicted molar refractivity (Wildman–Crippen MR) is 65.5 cm³/mol. The Morgan fingerprint density at radius 3 is 2.47 bits per heavy atom. The van der Waals surface area contributed by atoms with E-state index in [1.807, 2.05) is 19.9 Å². The molecule has 1 aromatic rings. The van der Waals surface area contributed by atoms with E-state index in [9.17, 15) is 0 Å². The van der Waals surface area contributed by atoms with Gasteiger partial charge in [-0.15, -0.1) is 0 Å². The Labute approximate surface area is 99.3 Å². The molecular formula is C10H13Cl2N3. The second-order valence-corrected chi connectivity index (χ2v) is 4.16. The standard InChI is InChI=1S/C10H13Cl2N3/c1-6(2)14-10(15-13)7-3-4-8(11)9(12)5-7/h3-6H,13H2,1-2H3,(H,14,15). The van der Waals surface area contributed by atoms with Gasteiger partial charge >= 0.3 is 0 Å². The fraction of sp³-hybridized carbons (Fsp3) is 0.300. The molecule has 1 rings (SSSR count). The minimum Gasteiger partial charge on any atom is -0.308 e. The van der Waals surface area contributed by atoms with Crippen molar-refractivity contribution < 1.29 is 0 Å². The summed E-state index contributed by atoms with van der Waals surface area (Å²) in [6.45, 7) is 3.93. The molecule has 0 spiro atoms. The maximum atomic E-state index is 5.90. The smallest absolute Gasteiger partial charge is 0.142 e. The van der Waals surface area contributed by atoms with Gasteiger partial charge in [-0.25, -0.2) is 5.84 Å². The molecule has 1 aromatic carbocycles. The lowest BCUT2D eigenvalue weighted by molar-refractivity contribution is 0.820. The first-order chi connectivity index (χ1) is 7.04. The lowest BCUT2D eigenvalue weighted by Gasteiger charge is -2.08. The number of hydrogen-bond acceptors (Lipinski definition) is 2. The number of hydrogen-bond donors (Lipinski definition) is 2. The summed E-state index contributed by atoms with van der Waals surface area (Å²) in [5, 5.41) is 1.00. The van der Waals surface area contributed by atoms with Crippen molar-refractivity contribution in [2.45, 2.75) is 19.9 Å². The monoisotopic (exact) mass is 245 g/mol. The van der Waals surface area contributed by atoms with E-state index in [0.717, 1.165) is 5.56 Å². The lowest BCUT2D eigenvalue weighted by Crippen LogP contribution is -2.32. The summed E-state index contributed by atoms with van der Waals surface area (Å²) in [4.78, 5) is 4.32. The molecule has 0 radical (unpaired) electrons. The SMILES string of the molecule is CC(C)N=C(NN)c1ccc(Cl)c(Cl)c1. The van der Waals surface area contributed by atoms with Gasteiger partial charge in [-0.3, -0.25) is 4.99 Å². The summed E-state index contributed by atoms with van der Waals surface area (Å²) in [6.07, 6.45) is 0. The number of benzene rings is 1. The zero-order chi connectivity index (χ0) is 11.4. The Kier molecular flexibility index (Phi) is 4.39. The first-order valence-corrected chi connectivity index (χ1v) is 5.30. The number of hydrazine groups is 1. The molecule has 3 N–H and O–H groups in total. The molecule has 0 aliphatic heterocycles. The molecule has 15 heavy (non-hydrogen) atoms. The zero-order valence-corrected chi connectivity index (χ0v) is 10.1. The molecule has 0 bridgehead atoms. The van der Waals surface area contributed by atoms with Crippen molar-refractivity contribution in [3.05, 3.63) is 33.8 Å². The van der Waals surface area contributed by atoms with Gasteiger partial charge in [0.1, 0.15) is 5.84 Å². The quantitative estimate of drug-likeness (QED) is 0.364. The van der Waals surface area contributed by atoms with Crippen LogP contribution in [0.1, 0.15) is 19.4 Å². The fourth-order valence-electron chi connectivity index (χ4n) is 1.10. The number of amidine groups is 1. The molecule has 0 fully saturated rings. The molecule has 0 aromatic heterocycles. The minimum absolute atomic E-state index is 0.158. The predicted octanol–water partition coefficient (Wildman–Crippen LogP) is 2.61. The number of halogens is 2. The van der Waals surface area contributed by atoms with Crippen LogP contribution in [0.4, 0.5) is 0 Å². The Hall–Kier alpha value is -0.770. The number of nitrogens with zero attached hydrogens (tertiary/aromatic N) is 1. The minimum atomic E-state index is 0.158. The third-order valence-electron chi connectivity index (χ3n) is 1.72. The molecular weight excluding hydrogens is 233 g/mol. The Morgan fingerprint density at radius 1 is 1.33 bits per heavy atom. The van der Waals surface area contributed by atoms with Crippen molar-refractivity contribution in [2.24, 2.45) is 10.8 Å². The summed E-state index contributed by atoms with van der Waals surface area (Å²) in [5.41, 5.74) is 3.36. The van der Waals surface area contributed by atoms with Crippen molar-refractivity contribution in [1.29, 1.82) is 0 Å². The number of nitrogens with two attached hydrogens (primary N) is 1. The van der Waals surface area contributed by atoms with E-state index >= 15 is 0 Å². The van der Waals surface area contributed by atoms with E-state index in [1.54, 1.807) is 12.1 Å². The zero-order valence-electron chi connectivity index (χ0n) is 8.59. The van der Waals surface area contributed by atoms with Crippen molar-refractivity contribution in [3.8, 4) is 0 Å². The van der Waals surface area contributed by atoms with E-state index in [1.165, 1.54) is 0 Å².